The predicted molar refractivity (Wildman–Crippen MR) is 103 cm³/mol. The minimum Gasteiger partial charge on any atom is -0.369 e. The first-order chi connectivity index (χ1) is 12.1. The van der Waals surface area contributed by atoms with Crippen LogP contribution in [0.4, 0.5) is 10.1 Å². The van der Waals surface area contributed by atoms with Crippen molar-refractivity contribution in [3.8, 4) is 6.07 Å². The Bertz CT molecular complexity index is 793. The Morgan fingerprint density at radius 1 is 1.50 bits per heavy atom. The lowest BCUT2D eigenvalue weighted by molar-refractivity contribution is -0.120. The Hall–Kier alpha value is -2.14. The van der Waals surface area contributed by atoms with Gasteiger partial charge in [-0.3, -0.25) is 4.79 Å². The van der Waals surface area contributed by atoms with E-state index in [4.69, 9.17) is 5.73 Å². The van der Waals surface area contributed by atoms with Crippen LogP contribution in [0.15, 0.2) is 35.7 Å². The molecule has 8 heteroatoms. The molecule has 0 bridgehead atoms. The van der Waals surface area contributed by atoms with Gasteiger partial charge in [-0.1, -0.05) is 6.07 Å². The zero-order valence-electron chi connectivity index (χ0n) is 14.0. The van der Waals surface area contributed by atoms with Crippen molar-refractivity contribution in [2.24, 2.45) is 5.73 Å². The predicted octanol–water partition coefficient (Wildman–Crippen LogP) is 2.45. The molecule has 1 aromatic carbocycles. The summed E-state index contributed by atoms with van der Waals surface area (Å²) in [5, 5.41) is 14.5. The maximum absolute atomic E-state index is 13.3. The number of rotatable bonds is 6. The molecule has 0 unspecified atom stereocenters. The maximum Gasteiger partial charge on any atom is 0.234 e. The molecule has 1 fully saturated rings. The number of thiophene rings is 1. The fourth-order valence-corrected chi connectivity index (χ4v) is 3.90. The van der Waals surface area contributed by atoms with Gasteiger partial charge in [-0.05, 0) is 36.1 Å². The van der Waals surface area contributed by atoms with Gasteiger partial charge in [0.05, 0.1) is 17.3 Å². The molecule has 5 nitrogen and oxygen atoms in total. The number of nitrogens with two attached hydrogens (primary N) is 1. The van der Waals surface area contributed by atoms with Crippen molar-refractivity contribution in [3.05, 3.63) is 52.0 Å². The number of hydrogen-bond acceptors (Lipinski definition) is 5. The number of nitrogens with zero attached hydrogens (tertiary/aromatic N) is 2. The van der Waals surface area contributed by atoms with Crippen LogP contribution in [0.1, 0.15) is 16.9 Å². The first-order valence-corrected chi connectivity index (χ1v) is 8.97. The second kappa shape index (κ2) is 8.99. The standard InChI is InChI=1S/C18H19FN4OS.ClH/c19-13-3-4-17(12(8-13)10-20)23-6-5-14(11-23)22-16(18(21)24)9-15-2-1-7-25-15;/h1-4,7-8,14,16,22H,5-6,9,11H2,(H2,21,24);1H/t14-,16-;/m0./s1. The summed E-state index contributed by atoms with van der Waals surface area (Å²) in [5.74, 6) is -0.787. The average molecular weight is 395 g/mol. The minimum absolute atomic E-state index is 0. The molecule has 0 aliphatic carbocycles. The highest BCUT2D eigenvalue weighted by Gasteiger charge is 2.28. The molecule has 138 valence electrons. The molecule has 3 rings (SSSR count). The Kier molecular flexibility index (Phi) is 6.98. The van der Waals surface area contributed by atoms with E-state index in [-0.39, 0.29) is 24.4 Å². The van der Waals surface area contributed by atoms with Crippen molar-refractivity contribution >= 4 is 35.3 Å². The van der Waals surface area contributed by atoms with Gasteiger partial charge in [-0.15, -0.1) is 23.7 Å². The quantitative estimate of drug-likeness (QED) is 0.788. The van der Waals surface area contributed by atoms with Crippen molar-refractivity contribution in [2.75, 3.05) is 18.0 Å². The summed E-state index contributed by atoms with van der Waals surface area (Å²) in [6, 6.07) is 9.89. The number of nitrogens with one attached hydrogen (secondary N) is 1. The van der Waals surface area contributed by atoms with E-state index in [1.54, 1.807) is 17.4 Å². The smallest absolute Gasteiger partial charge is 0.234 e. The minimum atomic E-state index is -0.424. The van der Waals surface area contributed by atoms with E-state index in [9.17, 15) is 14.4 Å². The van der Waals surface area contributed by atoms with Crippen molar-refractivity contribution in [1.29, 1.82) is 5.26 Å². The van der Waals surface area contributed by atoms with Crippen molar-refractivity contribution in [1.82, 2.24) is 5.32 Å². The zero-order chi connectivity index (χ0) is 17.8. The second-order valence-electron chi connectivity index (χ2n) is 6.11. The van der Waals surface area contributed by atoms with E-state index in [1.807, 2.05) is 28.5 Å². The van der Waals surface area contributed by atoms with E-state index in [1.165, 1.54) is 12.1 Å². The number of amides is 1. The normalized spacial score (nSPS) is 17.4. The number of anilines is 1. The number of carbonyl (C=O) groups is 1. The highest BCUT2D eigenvalue weighted by atomic mass is 35.5. The third kappa shape index (κ3) is 4.73. The molecule has 0 spiro atoms. The summed E-state index contributed by atoms with van der Waals surface area (Å²) >= 11 is 1.60. The summed E-state index contributed by atoms with van der Waals surface area (Å²) in [4.78, 5) is 14.9. The van der Waals surface area contributed by atoms with Gasteiger partial charge >= 0.3 is 0 Å². The third-order valence-electron chi connectivity index (χ3n) is 4.37. The molecule has 0 radical (unpaired) electrons. The molecule has 1 aliphatic heterocycles. The van der Waals surface area contributed by atoms with Crippen LogP contribution in [0.5, 0.6) is 0 Å². The fourth-order valence-electron chi connectivity index (χ4n) is 3.14. The Balaban J connectivity index is 0.00000243. The molecular formula is C18H20ClFN4OS. The lowest BCUT2D eigenvalue weighted by atomic mass is 10.1. The number of carbonyl (C=O) groups excluding carboxylic acids is 1. The van der Waals surface area contributed by atoms with Crippen molar-refractivity contribution in [3.63, 3.8) is 0 Å². The summed E-state index contributed by atoms with van der Waals surface area (Å²) < 4.78 is 13.3. The van der Waals surface area contributed by atoms with Crippen LogP contribution >= 0.6 is 23.7 Å². The van der Waals surface area contributed by atoms with Crippen LogP contribution in [0.3, 0.4) is 0 Å². The largest absolute Gasteiger partial charge is 0.369 e. The summed E-state index contributed by atoms with van der Waals surface area (Å²) in [7, 11) is 0. The monoisotopic (exact) mass is 394 g/mol. The molecule has 0 saturated carbocycles. The van der Waals surface area contributed by atoms with Gasteiger partial charge in [0.1, 0.15) is 11.9 Å². The topological polar surface area (TPSA) is 82.2 Å². The third-order valence-corrected chi connectivity index (χ3v) is 5.27. The average Bonchev–Trinajstić information content (AvgIpc) is 3.26. The number of hydrogen-bond donors (Lipinski definition) is 2. The van der Waals surface area contributed by atoms with Crippen LogP contribution in [0.25, 0.3) is 0 Å². The van der Waals surface area contributed by atoms with Crippen molar-refractivity contribution < 1.29 is 9.18 Å². The molecule has 1 aliphatic rings. The van der Waals surface area contributed by atoms with E-state index >= 15 is 0 Å². The molecular weight excluding hydrogens is 375 g/mol. The van der Waals surface area contributed by atoms with Crippen LogP contribution in [0, 0.1) is 17.1 Å². The summed E-state index contributed by atoms with van der Waals surface area (Å²) in [6.07, 6.45) is 1.40. The van der Waals surface area contributed by atoms with Gasteiger partial charge in [0.2, 0.25) is 5.91 Å². The van der Waals surface area contributed by atoms with E-state index in [0.29, 0.717) is 18.5 Å². The number of nitriles is 1. The van der Waals surface area contributed by atoms with Gasteiger partial charge < -0.3 is 16.0 Å². The lowest BCUT2D eigenvalue weighted by Gasteiger charge is -2.22. The second-order valence-corrected chi connectivity index (χ2v) is 7.14. The molecule has 1 aromatic heterocycles. The van der Waals surface area contributed by atoms with Gasteiger partial charge in [0.25, 0.3) is 0 Å². The Labute approximate surface area is 162 Å². The zero-order valence-corrected chi connectivity index (χ0v) is 15.7. The summed E-state index contributed by atoms with van der Waals surface area (Å²) in [6.45, 7) is 1.39. The number of primary amides is 1. The molecule has 2 atom stereocenters. The van der Waals surface area contributed by atoms with Crippen LogP contribution in [-0.4, -0.2) is 31.1 Å². The van der Waals surface area contributed by atoms with Crippen LogP contribution in [0.2, 0.25) is 0 Å². The van der Waals surface area contributed by atoms with Crippen LogP contribution < -0.4 is 16.0 Å². The highest BCUT2D eigenvalue weighted by Crippen LogP contribution is 2.25. The molecule has 26 heavy (non-hydrogen) atoms. The first-order valence-electron chi connectivity index (χ1n) is 8.09. The number of halogens is 2. The molecule has 3 N–H and O–H groups in total. The van der Waals surface area contributed by atoms with E-state index in [0.717, 1.165) is 23.5 Å². The van der Waals surface area contributed by atoms with Crippen molar-refractivity contribution in [2.45, 2.75) is 24.9 Å². The molecule has 2 aromatic rings. The lowest BCUT2D eigenvalue weighted by Crippen LogP contribution is -2.48. The van der Waals surface area contributed by atoms with Crippen LogP contribution in [-0.2, 0) is 11.2 Å². The molecule has 2 heterocycles. The van der Waals surface area contributed by atoms with E-state index in [2.05, 4.69) is 5.32 Å². The SMILES string of the molecule is Cl.N#Cc1cc(F)ccc1N1CC[C@H](N[C@@H](Cc2cccs2)C(N)=O)C1. The number of benzene rings is 1. The van der Waals surface area contributed by atoms with Gasteiger partial charge in [-0.25, -0.2) is 4.39 Å². The summed E-state index contributed by atoms with van der Waals surface area (Å²) in [5.41, 5.74) is 6.59. The van der Waals surface area contributed by atoms with E-state index < -0.39 is 11.9 Å². The van der Waals surface area contributed by atoms with Gasteiger partial charge in [0.15, 0.2) is 0 Å². The van der Waals surface area contributed by atoms with Gasteiger partial charge in [0, 0.05) is 30.4 Å². The Morgan fingerprint density at radius 2 is 2.31 bits per heavy atom. The maximum atomic E-state index is 13.3. The Morgan fingerprint density at radius 3 is 2.96 bits per heavy atom. The molecule has 1 amide bonds. The first kappa shape index (κ1) is 20.2. The highest BCUT2D eigenvalue weighted by molar-refractivity contribution is 7.09. The molecule has 1 saturated heterocycles. The van der Waals surface area contributed by atoms with Gasteiger partial charge in [-0.2, -0.15) is 5.26 Å². The fraction of sp³-hybridized carbons (Fsp3) is 0.333.